The van der Waals surface area contributed by atoms with Crippen molar-refractivity contribution in [2.24, 2.45) is 0 Å². The smallest absolute Gasteiger partial charge is 0.284 e. The van der Waals surface area contributed by atoms with E-state index in [-0.39, 0.29) is 27.7 Å². The van der Waals surface area contributed by atoms with Crippen molar-refractivity contribution in [2.75, 3.05) is 6.61 Å². The van der Waals surface area contributed by atoms with Crippen molar-refractivity contribution in [2.45, 2.75) is 31.9 Å². The molecule has 0 spiro atoms. The predicted molar refractivity (Wildman–Crippen MR) is 76.7 cm³/mol. The fraction of sp³-hybridized carbons (Fsp3) is 0.462. The number of nitrogens with zero attached hydrogens (tertiary/aromatic N) is 1. The number of halogens is 1. The van der Waals surface area contributed by atoms with E-state index in [0.29, 0.717) is 13.0 Å². The Hall–Kier alpha value is -1.47. The van der Waals surface area contributed by atoms with Crippen molar-refractivity contribution >= 4 is 27.5 Å². The van der Waals surface area contributed by atoms with E-state index in [1.165, 1.54) is 12.1 Å². The highest BCUT2D eigenvalue weighted by Crippen LogP contribution is 2.30. The van der Waals surface area contributed by atoms with Crippen LogP contribution in [0.5, 0.6) is 0 Å². The molecule has 1 heterocycles. The fourth-order valence-electron chi connectivity index (χ4n) is 2.16. The van der Waals surface area contributed by atoms with Crippen molar-refractivity contribution in [1.82, 2.24) is 5.32 Å². The largest absolute Gasteiger partial charge is 0.376 e. The summed E-state index contributed by atoms with van der Waals surface area (Å²) >= 11 is 3.13. The third-order valence-electron chi connectivity index (χ3n) is 3.71. The van der Waals surface area contributed by atoms with Crippen molar-refractivity contribution in [3.05, 3.63) is 38.3 Å². The van der Waals surface area contributed by atoms with E-state index in [1.807, 2.05) is 13.8 Å². The van der Waals surface area contributed by atoms with E-state index in [9.17, 15) is 14.9 Å². The maximum absolute atomic E-state index is 12.3. The van der Waals surface area contributed by atoms with Crippen LogP contribution in [0, 0.1) is 10.1 Å². The number of hydrogen-bond acceptors (Lipinski definition) is 4. The molecule has 1 aromatic carbocycles. The van der Waals surface area contributed by atoms with Crippen molar-refractivity contribution in [3.8, 4) is 0 Å². The summed E-state index contributed by atoms with van der Waals surface area (Å²) in [5.74, 6) is -0.347. The quantitative estimate of drug-likeness (QED) is 0.676. The molecule has 108 valence electrons. The first-order chi connectivity index (χ1) is 9.35. The van der Waals surface area contributed by atoms with Gasteiger partial charge < -0.3 is 10.1 Å². The lowest BCUT2D eigenvalue weighted by Crippen LogP contribution is -2.50. The summed E-state index contributed by atoms with van der Waals surface area (Å²) < 4.78 is 5.65. The molecule has 1 aliphatic heterocycles. The molecular weight excluding hydrogens is 328 g/mol. The number of rotatable bonds is 3. The first-order valence-corrected chi connectivity index (χ1v) is 7.01. The molecule has 0 radical (unpaired) electrons. The van der Waals surface area contributed by atoms with Crippen LogP contribution < -0.4 is 5.32 Å². The number of carbonyl (C=O) groups excluding carboxylic acids is 1. The van der Waals surface area contributed by atoms with E-state index >= 15 is 0 Å². The van der Waals surface area contributed by atoms with Crippen LogP contribution in [0.1, 0.15) is 30.6 Å². The third-order valence-corrected chi connectivity index (χ3v) is 4.54. The molecule has 1 fully saturated rings. The topological polar surface area (TPSA) is 81.5 Å². The second-order valence-electron chi connectivity index (χ2n) is 5.03. The lowest BCUT2D eigenvalue weighted by Gasteiger charge is -2.29. The standard InChI is InChI=1S/C13H15BrN2O4/c1-8-13(2,6-7-20-8)15-12(17)9-4-3-5-10(11(9)14)16(18)19/h3-5,8H,6-7H2,1-2H3,(H,15,17). The summed E-state index contributed by atoms with van der Waals surface area (Å²) in [6.45, 7) is 4.40. The lowest BCUT2D eigenvalue weighted by atomic mass is 9.94. The van der Waals surface area contributed by atoms with Gasteiger partial charge >= 0.3 is 0 Å². The molecule has 0 aliphatic carbocycles. The molecule has 1 amide bonds. The van der Waals surface area contributed by atoms with Crippen LogP contribution in [0.4, 0.5) is 5.69 Å². The third kappa shape index (κ3) is 2.69. The molecular formula is C13H15BrN2O4. The van der Waals surface area contributed by atoms with Crippen LogP contribution in [0.2, 0.25) is 0 Å². The molecule has 0 bridgehead atoms. The number of nitro groups is 1. The van der Waals surface area contributed by atoms with E-state index in [4.69, 9.17) is 4.74 Å². The average molecular weight is 343 g/mol. The summed E-state index contributed by atoms with van der Waals surface area (Å²) in [5.41, 5.74) is -0.334. The maximum Gasteiger partial charge on any atom is 0.284 e. The number of hydrogen-bond donors (Lipinski definition) is 1. The van der Waals surface area contributed by atoms with Gasteiger partial charge in [0, 0.05) is 12.7 Å². The highest BCUT2D eigenvalue weighted by Gasteiger charge is 2.38. The van der Waals surface area contributed by atoms with Crippen LogP contribution in [-0.2, 0) is 4.74 Å². The van der Waals surface area contributed by atoms with Gasteiger partial charge in [0.15, 0.2) is 0 Å². The normalized spacial score (nSPS) is 25.4. The Kier molecular flexibility index (Phi) is 4.10. The highest BCUT2D eigenvalue weighted by molar-refractivity contribution is 9.10. The van der Waals surface area contributed by atoms with Crippen LogP contribution >= 0.6 is 15.9 Å². The molecule has 0 saturated carbocycles. The molecule has 6 nitrogen and oxygen atoms in total. The number of ether oxygens (including phenoxy) is 1. The minimum absolute atomic E-state index is 0.0936. The average Bonchev–Trinajstić information content (AvgIpc) is 2.69. The molecule has 0 aromatic heterocycles. The van der Waals surface area contributed by atoms with Crippen LogP contribution in [0.25, 0.3) is 0 Å². The fourth-order valence-corrected chi connectivity index (χ4v) is 2.75. The van der Waals surface area contributed by atoms with Crippen LogP contribution in [-0.4, -0.2) is 29.1 Å². The monoisotopic (exact) mass is 342 g/mol. The minimum Gasteiger partial charge on any atom is -0.376 e. The zero-order valence-electron chi connectivity index (χ0n) is 11.2. The SMILES string of the molecule is CC1OCCC1(C)NC(=O)c1cccc([N+](=O)[O-])c1Br. The van der Waals surface area contributed by atoms with Crippen LogP contribution in [0.3, 0.4) is 0 Å². The molecule has 1 saturated heterocycles. The Morgan fingerprint density at radius 1 is 1.60 bits per heavy atom. The summed E-state index contributed by atoms with van der Waals surface area (Å²) in [4.78, 5) is 22.7. The molecule has 2 rings (SSSR count). The van der Waals surface area contributed by atoms with E-state index < -0.39 is 10.5 Å². The van der Waals surface area contributed by atoms with Gasteiger partial charge in [0.25, 0.3) is 11.6 Å². The lowest BCUT2D eigenvalue weighted by molar-refractivity contribution is -0.385. The Labute approximate surface area is 124 Å². The number of carbonyl (C=O) groups is 1. The predicted octanol–water partition coefficient (Wildman–Crippen LogP) is 2.65. The number of nitrogens with one attached hydrogen (secondary N) is 1. The Morgan fingerprint density at radius 2 is 2.30 bits per heavy atom. The summed E-state index contributed by atoms with van der Waals surface area (Å²) in [5, 5.41) is 13.8. The zero-order valence-corrected chi connectivity index (χ0v) is 12.8. The molecule has 1 aromatic rings. The summed E-state index contributed by atoms with van der Waals surface area (Å²) in [6.07, 6.45) is 0.621. The minimum atomic E-state index is -0.524. The van der Waals surface area contributed by atoms with Gasteiger partial charge in [-0.25, -0.2) is 0 Å². The number of amides is 1. The molecule has 2 unspecified atom stereocenters. The molecule has 2 atom stereocenters. The van der Waals surface area contributed by atoms with E-state index in [1.54, 1.807) is 6.07 Å². The summed E-state index contributed by atoms with van der Waals surface area (Å²) in [7, 11) is 0. The van der Waals surface area contributed by atoms with Gasteiger partial charge in [0.05, 0.1) is 22.1 Å². The zero-order chi connectivity index (χ0) is 14.9. The van der Waals surface area contributed by atoms with Crippen molar-refractivity contribution in [1.29, 1.82) is 0 Å². The van der Waals surface area contributed by atoms with E-state index in [0.717, 1.165) is 0 Å². The van der Waals surface area contributed by atoms with Crippen LogP contribution in [0.15, 0.2) is 22.7 Å². The first kappa shape index (κ1) is 14.9. The van der Waals surface area contributed by atoms with Crippen molar-refractivity contribution in [3.63, 3.8) is 0 Å². The van der Waals surface area contributed by atoms with Gasteiger partial charge in [-0.05, 0) is 42.3 Å². The van der Waals surface area contributed by atoms with Gasteiger partial charge in [0.1, 0.15) is 4.47 Å². The molecule has 1 N–H and O–H groups in total. The Bertz CT molecular complexity index is 563. The van der Waals surface area contributed by atoms with Gasteiger partial charge in [-0.1, -0.05) is 6.07 Å². The highest BCUT2D eigenvalue weighted by atomic mass is 79.9. The number of nitro benzene ring substituents is 1. The second-order valence-corrected chi connectivity index (χ2v) is 5.82. The van der Waals surface area contributed by atoms with Gasteiger partial charge in [-0.3, -0.25) is 14.9 Å². The Morgan fingerprint density at radius 3 is 2.85 bits per heavy atom. The molecule has 1 aliphatic rings. The molecule has 7 heteroatoms. The Balaban J connectivity index is 2.26. The summed E-state index contributed by atoms with van der Waals surface area (Å²) in [6, 6.07) is 4.40. The van der Waals surface area contributed by atoms with Gasteiger partial charge in [-0.15, -0.1) is 0 Å². The van der Waals surface area contributed by atoms with Gasteiger partial charge in [-0.2, -0.15) is 0 Å². The first-order valence-electron chi connectivity index (χ1n) is 6.22. The number of benzene rings is 1. The van der Waals surface area contributed by atoms with E-state index in [2.05, 4.69) is 21.2 Å². The van der Waals surface area contributed by atoms with Gasteiger partial charge in [0.2, 0.25) is 0 Å². The molecule has 20 heavy (non-hydrogen) atoms. The second kappa shape index (κ2) is 5.49. The maximum atomic E-state index is 12.3. The van der Waals surface area contributed by atoms with Crippen molar-refractivity contribution < 1.29 is 14.5 Å².